The number of rotatable bonds is 5. The molecule has 0 unspecified atom stereocenters. The van der Waals surface area contributed by atoms with Crippen LogP contribution in [0.3, 0.4) is 0 Å². The van der Waals surface area contributed by atoms with Crippen molar-refractivity contribution in [3.05, 3.63) is 362 Å². The van der Waals surface area contributed by atoms with Gasteiger partial charge in [-0.15, -0.1) is 22.7 Å². The SMILES string of the molecule is CC(C)(C)c1cc(-c2ccccc2)c2c(c1)-c1cccc(c1)-c1ccc3c(c1)c1cc(ccc1n3-c1ccc3oc4ccccc4c3c1)-c1cccc(c1)-c1cc(C(C)(C)C)cc(-c3ccccc3)c1N1c3ccc(-c4ccc5sc6ccccc6c5c4)cc3B3c4cc(-c5ccc6sc7ccccc7c6c5)ccc4N2c2cc(C(C)(C)C)cc1c23. The molecule has 0 atom stereocenters. The van der Waals surface area contributed by atoms with Crippen LogP contribution in [0.1, 0.15) is 79.0 Å². The van der Waals surface area contributed by atoms with E-state index in [1.165, 1.54) is 106 Å². The molecule has 4 nitrogen and oxygen atoms in total. The van der Waals surface area contributed by atoms with Crippen LogP contribution >= 0.6 is 22.7 Å². The van der Waals surface area contributed by atoms with Crippen LogP contribution in [0.4, 0.5) is 34.1 Å². The predicted molar refractivity (Wildman–Crippen MR) is 521 cm³/mol. The van der Waals surface area contributed by atoms with Crippen molar-refractivity contribution in [2.75, 3.05) is 9.80 Å². The molecule has 4 aromatic heterocycles. The van der Waals surface area contributed by atoms with Crippen LogP contribution in [0.2, 0.25) is 0 Å². The number of nitrogens with zero attached hydrogens (tertiary/aromatic N) is 3. The summed E-state index contributed by atoms with van der Waals surface area (Å²) < 4.78 is 14.2. The molecular formula is C114H84BN3OS2. The molecule has 0 aliphatic carbocycles. The zero-order valence-electron chi connectivity index (χ0n) is 69.1. The maximum atomic E-state index is 6.51. The second-order valence-electron chi connectivity index (χ2n) is 36.8. The van der Waals surface area contributed by atoms with E-state index >= 15 is 0 Å². The highest BCUT2D eigenvalue weighted by Crippen LogP contribution is 2.57. The van der Waals surface area contributed by atoms with Crippen molar-refractivity contribution in [3.8, 4) is 94.7 Å². The van der Waals surface area contributed by atoms with Gasteiger partial charge in [0.25, 0.3) is 6.71 Å². The first-order valence-corrected chi connectivity index (χ1v) is 44.1. The van der Waals surface area contributed by atoms with Gasteiger partial charge in [0, 0.05) is 113 Å². The van der Waals surface area contributed by atoms with E-state index < -0.39 is 0 Å². The highest BCUT2D eigenvalue weighted by atomic mass is 32.1. The molecule has 3 aliphatic rings. The van der Waals surface area contributed by atoms with Crippen LogP contribution in [-0.4, -0.2) is 11.3 Å². The standard InChI is InChI=1S/C114H84BN3OS2/c1-112(2,3)79-60-86(67-24-12-10-13-25-67)110-88(62-79)77-30-22-28-69(52-77)71-38-45-97-90(54-71)91-55-72(39-46-98(91)116(97)82-44-49-104-92(66-82)83-32-16-19-35-103(83)119-104)70-29-23-31-78(53-70)89-63-80(113(4,5)6)61-87(68-26-14-11-15-27-68)111(89)118-100-48-41-76(74-43-51-108-94(57-74)85-34-18-21-37-106(85)121-108)59-96(100)115-95-58-75(73-42-50-107-93(56-73)84-33-17-20-36-105(84)120-107)40-47-99(95)117(110)101-64-81(114(7,8)9)65-102(118)109(101)115/h10-66H,1-9H3. The van der Waals surface area contributed by atoms with Gasteiger partial charge in [0.15, 0.2) is 0 Å². The first-order chi connectivity index (χ1) is 58.8. The molecule has 0 radical (unpaired) electrons. The van der Waals surface area contributed by atoms with Crippen LogP contribution < -0.4 is 26.2 Å². The molecule has 0 spiro atoms. The predicted octanol–water partition coefficient (Wildman–Crippen LogP) is 31.0. The molecule has 0 amide bonds. The fourth-order valence-corrected chi connectivity index (χ4v) is 22.2. The third-order valence-electron chi connectivity index (χ3n) is 26.3. The summed E-state index contributed by atoms with van der Waals surface area (Å²) >= 11 is 3.75. The Morgan fingerprint density at radius 1 is 0.248 bits per heavy atom. The summed E-state index contributed by atoms with van der Waals surface area (Å²) in [7, 11) is 0. The molecule has 0 N–H and O–H groups in total. The van der Waals surface area contributed by atoms with Gasteiger partial charge in [-0.1, -0.05) is 263 Å². The van der Waals surface area contributed by atoms with Crippen molar-refractivity contribution in [2.24, 2.45) is 0 Å². The minimum Gasteiger partial charge on any atom is -0.456 e. The van der Waals surface area contributed by atoms with Gasteiger partial charge >= 0.3 is 0 Å². The number of aromatic nitrogens is 1. The van der Waals surface area contributed by atoms with Crippen molar-refractivity contribution in [1.82, 2.24) is 4.57 Å². The number of para-hydroxylation sites is 1. The van der Waals surface area contributed by atoms with E-state index in [2.05, 4.69) is 422 Å². The second-order valence-corrected chi connectivity index (χ2v) is 38.9. The molecule has 0 fully saturated rings. The molecule has 21 aromatic rings. The first kappa shape index (κ1) is 71.5. The first-order valence-electron chi connectivity index (χ1n) is 42.4. The molecule has 13 bridgehead atoms. The number of hydrogen-bond donors (Lipinski definition) is 0. The van der Waals surface area contributed by atoms with Crippen molar-refractivity contribution < 1.29 is 4.42 Å². The fourth-order valence-electron chi connectivity index (χ4n) is 20.1. The molecule has 7 heterocycles. The minimum absolute atomic E-state index is 0.260. The van der Waals surface area contributed by atoms with E-state index in [0.29, 0.717) is 0 Å². The summed E-state index contributed by atoms with van der Waals surface area (Å²) in [5.41, 5.74) is 37.0. The van der Waals surface area contributed by atoms with Crippen molar-refractivity contribution >= 4 is 164 Å². The van der Waals surface area contributed by atoms with Gasteiger partial charge in [-0.25, -0.2) is 0 Å². The normalized spacial score (nSPS) is 13.1. The van der Waals surface area contributed by atoms with Gasteiger partial charge in [0.2, 0.25) is 0 Å². The average molecular weight is 1590 g/mol. The third-order valence-corrected chi connectivity index (χ3v) is 28.6. The molecule has 121 heavy (non-hydrogen) atoms. The summed E-state index contributed by atoms with van der Waals surface area (Å²) in [5.74, 6) is 0. The zero-order valence-corrected chi connectivity index (χ0v) is 70.7. The number of anilines is 6. The van der Waals surface area contributed by atoms with E-state index in [-0.39, 0.29) is 23.0 Å². The smallest absolute Gasteiger partial charge is 0.252 e. The van der Waals surface area contributed by atoms with Gasteiger partial charge in [0.05, 0.1) is 22.4 Å². The summed E-state index contributed by atoms with van der Waals surface area (Å²) in [4.78, 5) is 5.52. The van der Waals surface area contributed by atoms with Gasteiger partial charge in [-0.2, -0.15) is 0 Å². The Bertz CT molecular complexity index is 7590. The van der Waals surface area contributed by atoms with Crippen LogP contribution in [0.25, 0.3) is 179 Å². The molecule has 0 saturated heterocycles. The van der Waals surface area contributed by atoms with Crippen LogP contribution in [0.15, 0.2) is 350 Å². The number of benzene rings is 17. The highest BCUT2D eigenvalue weighted by Gasteiger charge is 2.47. The molecule has 0 saturated carbocycles. The van der Waals surface area contributed by atoms with E-state index in [9.17, 15) is 0 Å². The highest BCUT2D eigenvalue weighted by molar-refractivity contribution is 7.26. The number of hydrogen-bond acceptors (Lipinski definition) is 5. The van der Waals surface area contributed by atoms with Gasteiger partial charge in [-0.3, -0.25) is 0 Å². The summed E-state index contributed by atoms with van der Waals surface area (Å²) in [5, 5.41) is 9.69. The quantitative estimate of drug-likeness (QED) is 0.161. The van der Waals surface area contributed by atoms with Gasteiger partial charge in [-0.05, 0) is 262 Å². The maximum Gasteiger partial charge on any atom is 0.252 e. The summed E-state index contributed by atoms with van der Waals surface area (Å²) in [6.45, 7) is 21.2. The maximum absolute atomic E-state index is 6.51. The Morgan fingerprint density at radius 2 is 0.612 bits per heavy atom. The lowest BCUT2D eigenvalue weighted by Crippen LogP contribution is -2.61. The number of furan rings is 1. The van der Waals surface area contributed by atoms with Gasteiger partial charge < -0.3 is 18.8 Å². The largest absolute Gasteiger partial charge is 0.456 e. The topological polar surface area (TPSA) is 24.6 Å². The Labute approximate surface area is 713 Å². The number of thiophene rings is 2. The van der Waals surface area contributed by atoms with Crippen molar-refractivity contribution in [1.29, 1.82) is 0 Å². The van der Waals surface area contributed by atoms with Gasteiger partial charge in [0.1, 0.15) is 11.2 Å². The van der Waals surface area contributed by atoms with Crippen LogP contribution in [0, 0.1) is 0 Å². The Hall–Kier alpha value is -13.6. The van der Waals surface area contributed by atoms with Crippen LogP contribution in [-0.2, 0) is 16.2 Å². The lowest BCUT2D eigenvalue weighted by atomic mass is 9.33. The number of fused-ring (bicyclic) bond motifs is 29. The average Bonchev–Trinajstić information content (AvgIpc) is 0.733. The monoisotopic (exact) mass is 1590 g/mol. The van der Waals surface area contributed by atoms with E-state index in [4.69, 9.17) is 4.42 Å². The molecule has 576 valence electrons. The zero-order chi connectivity index (χ0) is 81.2. The minimum atomic E-state index is -0.344. The molecule has 3 aliphatic heterocycles. The van der Waals surface area contributed by atoms with Crippen LogP contribution in [0.5, 0.6) is 0 Å². The summed E-state index contributed by atoms with van der Waals surface area (Å²) in [6, 6.07) is 134. The third kappa shape index (κ3) is 11.3. The molecular weight excluding hydrogens is 1500 g/mol. The van der Waals surface area contributed by atoms with E-state index in [0.717, 1.165) is 140 Å². The Morgan fingerprint density at radius 3 is 1.09 bits per heavy atom. The summed E-state index contributed by atoms with van der Waals surface area (Å²) in [6.07, 6.45) is 0. The Kier molecular flexibility index (Phi) is 15.7. The van der Waals surface area contributed by atoms with Crippen molar-refractivity contribution in [2.45, 2.75) is 78.6 Å². The van der Waals surface area contributed by atoms with E-state index in [1.54, 1.807) is 0 Å². The fraction of sp³-hybridized carbons (Fsp3) is 0.105. The lowest BCUT2D eigenvalue weighted by molar-refractivity contribution is 0.590. The molecule has 24 rings (SSSR count). The lowest BCUT2D eigenvalue weighted by Gasteiger charge is -2.47. The molecule has 17 aromatic carbocycles. The Balaban J connectivity index is 0.869. The second kappa shape index (κ2) is 26.5. The molecule has 7 heteroatoms. The van der Waals surface area contributed by atoms with Crippen molar-refractivity contribution in [3.63, 3.8) is 0 Å². The van der Waals surface area contributed by atoms with E-state index in [1.807, 2.05) is 22.7 Å².